The van der Waals surface area contributed by atoms with Gasteiger partial charge in [0, 0.05) is 0 Å². The van der Waals surface area contributed by atoms with Crippen molar-refractivity contribution in [3.63, 3.8) is 0 Å². The van der Waals surface area contributed by atoms with E-state index in [2.05, 4.69) is 6.07 Å². The second-order valence-electron chi connectivity index (χ2n) is 3.86. The summed E-state index contributed by atoms with van der Waals surface area (Å²) in [5.74, 6) is 5.48. The van der Waals surface area contributed by atoms with E-state index in [0.717, 1.165) is 24.3 Å². The Labute approximate surface area is 88.3 Å². The molecule has 0 aliphatic heterocycles. The molecule has 0 saturated carbocycles. The topological polar surface area (TPSA) is 66.6 Å². The van der Waals surface area contributed by atoms with Crippen molar-refractivity contribution >= 4 is 6.09 Å². The summed E-state index contributed by atoms with van der Waals surface area (Å²) in [4.78, 5) is 10.7. The van der Waals surface area contributed by atoms with E-state index in [9.17, 15) is 4.79 Å². The number of rotatable bonds is 1. The summed E-state index contributed by atoms with van der Waals surface area (Å²) < 4.78 is 0. The van der Waals surface area contributed by atoms with Crippen molar-refractivity contribution < 1.29 is 9.90 Å². The lowest BCUT2D eigenvalue weighted by Crippen LogP contribution is -2.47. The van der Waals surface area contributed by atoms with Crippen molar-refractivity contribution in [2.24, 2.45) is 5.84 Å². The zero-order valence-corrected chi connectivity index (χ0v) is 8.39. The van der Waals surface area contributed by atoms with Crippen molar-refractivity contribution in [2.75, 3.05) is 0 Å². The predicted octanol–water partition coefficient (Wildman–Crippen LogP) is 1.40. The van der Waals surface area contributed by atoms with Gasteiger partial charge in [0.25, 0.3) is 0 Å². The molecule has 15 heavy (non-hydrogen) atoms. The minimum absolute atomic E-state index is 0.0857. The summed E-state index contributed by atoms with van der Waals surface area (Å²) in [6.07, 6.45) is 1.38. The molecule has 1 atom stereocenters. The number of hydrogen-bond donors (Lipinski definition) is 2. The van der Waals surface area contributed by atoms with Crippen molar-refractivity contribution in [3.05, 3.63) is 35.4 Å². The molecule has 4 heteroatoms. The highest BCUT2D eigenvalue weighted by Gasteiger charge is 2.24. The Morgan fingerprint density at radius 3 is 2.73 bits per heavy atom. The number of fused-ring (bicyclic) bond motifs is 1. The summed E-state index contributed by atoms with van der Waals surface area (Å²) in [7, 11) is 0. The first kappa shape index (κ1) is 9.98. The number of nitrogens with zero attached hydrogens (tertiary/aromatic N) is 1. The molecule has 1 aliphatic carbocycles. The maximum absolute atomic E-state index is 10.7. The second-order valence-corrected chi connectivity index (χ2v) is 3.86. The van der Waals surface area contributed by atoms with Gasteiger partial charge in [-0.05, 0) is 30.4 Å². The minimum Gasteiger partial charge on any atom is -0.464 e. The Morgan fingerprint density at radius 2 is 2.07 bits per heavy atom. The summed E-state index contributed by atoms with van der Waals surface area (Å²) in [5, 5.41) is 9.71. The van der Waals surface area contributed by atoms with Crippen LogP contribution in [0.3, 0.4) is 0 Å². The summed E-state index contributed by atoms with van der Waals surface area (Å²) in [5.41, 5.74) is 2.53. The lowest BCUT2D eigenvalue weighted by atomic mass is 9.88. The third-order valence-corrected chi connectivity index (χ3v) is 2.94. The molecule has 1 amide bonds. The van der Waals surface area contributed by atoms with Crippen LogP contribution in [0.5, 0.6) is 0 Å². The van der Waals surface area contributed by atoms with E-state index in [-0.39, 0.29) is 6.04 Å². The molecule has 0 aromatic heterocycles. The monoisotopic (exact) mass is 206 g/mol. The minimum atomic E-state index is -1.06. The van der Waals surface area contributed by atoms with Crippen molar-refractivity contribution in [1.29, 1.82) is 0 Å². The number of hydrazine groups is 1. The third kappa shape index (κ3) is 1.94. The van der Waals surface area contributed by atoms with Gasteiger partial charge in [0.1, 0.15) is 0 Å². The van der Waals surface area contributed by atoms with Crippen LogP contribution in [0.25, 0.3) is 0 Å². The van der Waals surface area contributed by atoms with Gasteiger partial charge in [-0.1, -0.05) is 24.3 Å². The van der Waals surface area contributed by atoms with Crippen molar-refractivity contribution in [3.8, 4) is 0 Å². The third-order valence-electron chi connectivity index (χ3n) is 2.94. The van der Waals surface area contributed by atoms with Crippen LogP contribution in [-0.2, 0) is 12.8 Å². The fraction of sp³-hybridized carbons (Fsp3) is 0.364. The first-order valence-electron chi connectivity index (χ1n) is 5.02. The Kier molecular flexibility index (Phi) is 2.60. The summed E-state index contributed by atoms with van der Waals surface area (Å²) in [6.45, 7) is 0. The number of hydrogen-bond acceptors (Lipinski definition) is 2. The molecule has 0 fully saturated rings. The molecule has 0 bridgehead atoms. The average molecular weight is 206 g/mol. The van der Waals surface area contributed by atoms with Gasteiger partial charge in [0.15, 0.2) is 0 Å². The lowest BCUT2D eigenvalue weighted by molar-refractivity contribution is 0.120. The highest BCUT2D eigenvalue weighted by Crippen LogP contribution is 2.23. The van der Waals surface area contributed by atoms with Crippen LogP contribution in [0.2, 0.25) is 0 Å². The highest BCUT2D eigenvalue weighted by atomic mass is 16.4. The maximum Gasteiger partial charge on any atom is 0.421 e. The number of nitrogens with two attached hydrogens (primary N) is 1. The van der Waals surface area contributed by atoms with Gasteiger partial charge in [0.05, 0.1) is 6.04 Å². The molecule has 4 nitrogen and oxygen atoms in total. The van der Waals surface area contributed by atoms with E-state index in [4.69, 9.17) is 10.9 Å². The molecule has 1 aromatic carbocycles. The second kappa shape index (κ2) is 3.90. The normalized spacial score (nSPS) is 19.4. The molecule has 0 saturated heterocycles. The van der Waals surface area contributed by atoms with Crippen LogP contribution in [-0.4, -0.2) is 22.3 Å². The summed E-state index contributed by atoms with van der Waals surface area (Å²) in [6, 6.07) is 8.03. The van der Waals surface area contributed by atoms with E-state index in [1.54, 1.807) is 0 Å². The smallest absolute Gasteiger partial charge is 0.421 e. The van der Waals surface area contributed by atoms with Crippen LogP contribution >= 0.6 is 0 Å². The van der Waals surface area contributed by atoms with Crippen LogP contribution in [0.15, 0.2) is 24.3 Å². The Balaban J connectivity index is 2.15. The first-order chi connectivity index (χ1) is 7.18. The Morgan fingerprint density at radius 1 is 1.40 bits per heavy atom. The Hall–Kier alpha value is -1.55. The molecule has 0 spiro atoms. The van der Waals surface area contributed by atoms with Gasteiger partial charge in [-0.15, -0.1) is 0 Å². The van der Waals surface area contributed by atoms with Crippen molar-refractivity contribution in [2.45, 2.75) is 25.3 Å². The molecule has 80 valence electrons. The molecule has 3 N–H and O–H groups in total. The maximum atomic E-state index is 10.7. The van der Waals surface area contributed by atoms with E-state index < -0.39 is 6.09 Å². The van der Waals surface area contributed by atoms with E-state index >= 15 is 0 Å². The van der Waals surface area contributed by atoms with Gasteiger partial charge in [-0.3, -0.25) is 0 Å². The molecular weight excluding hydrogens is 192 g/mol. The van der Waals surface area contributed by atoms with Crippen LogP contribution in [0.1, 0.15) is 17.5 Å². The largest absolute Gasteiger partial charge is 0.464 e. The van der Waals surface area contributed by atoms with Gasteiger partial charge in [-0.2, -0.15) is 0 Å². The van der Waals surface area contributed by atoms with Crippen LogP contribution < -0.4 is 5.84 Å². The predicted molar refractivity (Wildman–Crippen MR) is 56.3 cm³/mol. The van der Waals surface area contributed by atoms with Gasteiger partial charge in [0.2, 0.25) is 0 Å². The van der Waals surface area contributed by atoms with E-state index in [0.29, 0.717) is 0 Å². The van der Waals surface area contributed by atoms with Crippen molar-refractivity contribution in [1.82, 2.24) is 5.01 Å². The van der Waals surface area contributed by atoms with Crippen LogP contribution in [0.4, 0.5) is 4.79 Å². The molecule has 1 aromatic rings. The van der Waals surface area contributed by atoms with Crippen LogP contribution in [0, 0.1) is 0 Å². The number of benzene rings is 1. The zero-order chi connectivity index (χ0) is 10.8. The average Bonchev–Trinajstić information content (AvgIpc) is 2.27. The fourth-order valence-corrected chi connectivity index (χ4v) is 2.07. The van der Waals surface area contributed by atoms with Gasteiger partial charge >= 0.3 is 6.09 Å². The molecule has 0 radical (unpaired) electrons. The van der Waals surface area contributed by atoms with E-state index in [1.807, 2.05) is 18.2 Å². The van der Waals surface area contributed by atoms with Gasteiger partial charge < -0.3 is 5.11 Å². The Bertz CT molecular complexity index is 379. The zero-order valence-electron chi connectivity index (χ0n) is 8.39. The standard InChI is InChI=1S/C11H14N2O2/c12-13(11(14)15)10-6-5-8-3-1-2-4-9(8)7-10/h1-4,10H,5-7,12H2,(H,14,15). The molecule has 0 heterocycles. The van der Waals surface area contributed by atoms with E-state index in [1.165, 1.54) is 11.1 Å². The highest BCUT2D eigenvalue weighted by molar-refractivity contribution is 5.64. The fourth-order valence-electron chi connectivity index (χ4n) is 2.07. The SMILES string of the molecule is NN(C(=O)O)C1CCc2ccccc2C1. The quantitative estimate of drug-likeness (QED) is 0.414. The molecule has 2 rings (SSSR count). The molecule has 1 unspecified atom stereocenters. The van der Waals surface area contributed by atoms with Gasteiger partial charge in [-0.25, -0.2) is 15.6 Å². The summed E-state index contributed by atoms with van der Waals surface area (Å²) >= 11 is 0. The number of carboxylic acid groups (broad SMARTS) is 1. The number of amides is 1. The molecule has 1 aliphatic rings. The first-order valence-corrected chi connectivity index (χ1v) is 5.02. The number of carbonyl (C=O) groups is 1. The molecular formula is C11H14N2O2. The lowest BCUT2D eigenvalue weighted by Gasteiger charge is -2.29. The number of aryl methyl sites for hydroxylation is 1.